The first-order chi connectivity index (χ1) is 12.8. The summed E-state index contributed by atoms with van der Waals surface area (Å²) >= 11 is 0. The molecule has 0 spiro atoms. The third kappa shape index (κ3) is 2.38. The lowest BCUT2D eigenvalue weighted by Crippen LogP contribution is -2.21. The predicted octanol–water partition coefficient (Wildman–Crippen LogP) is 2.87. The SMILES string of the molecule is O=CN1CCCC1c1cc2c(Nc3ccc4[nH]ncc4c3)ncnc2[nH]1. The van der Waals surface area contributed by atoms with Gasteiger partial charge in [0.15, 0.2) is 0 Å². The molecule has 3 aromatic heterocycles. The highest BCUT2D eigenvalue weighted by atomic mass is 16.1. The Labute approximate surface area is 148 Å². The van der Waals surface area contributed by atoms with Crippen LogP contribution in [0, 0.1) is 0 Å². The first kappa shape index (κ1) is 14.9. The Morgan fingerprint density at radius 3 is 3.15 bits per heavy atom. The molecule has 4 aromatic rings. The number of aromatic amines is 2. The van der Waals surface area contributed by atoms with Gasteiger partial charge in [-0.3, -0.25) is 9.89 Å². The lowest BCUT2D eigenvalue weighted by atomic mass is 10.1. The lowest BCUT2D eigenvalue weighted by molar-refractivity contribution is -0.119. The first-order valence-electron chi connectivity index (χ1n) is 8.56. The van der Waals surface area contributed by atoms with Crippen molar-refractivity contribution >= 4 is 39.9 Å². The number of carbonyl (C=O) groups excluding carboxylic acids is 1. The van der Waals surface area contributed by atoms with Gasteiger partial charge in [0.2, 0.25) is 6.41 Å². The summed E-state index contributed by atoms with van der Waals surface area (Å²) in [5.41, 5.74) is 3.68. The normalized spacial score (nSPS) is 17.2. The molecule has 0 saturated carbocycles. The van der Waals surface area contributed by atoms with Crippen LogP contribution in [0.5, 0.6) is 0 Å². The van der Waals surface area contributed by atoms with Crippen molar-refractivity contribution in [3.05, 3.63) is 42.5 Å². The van der Waals surface area contributed by atoms with Crippen LogP contribution in [0.25, 0.3) is 21.9 Å². The monoisotopic (exact) mass is 347 g/mol. The Bertz CT molecular complexity index is 1100. The van der Waals surface area contributed by atoms with Crippen molar-refractivity contribution in [3.8, 4) is 0 Å². The first-order valence-corrected chi connectivity index (χ1v) is 8.56. The standard InChI is InChI=1S/C18H17N7O/c26-10-25-5-1-2-16(25)15-7-13-17(19-9-20-18(13)23-15)22-12-3-4-14-11(6-12)8-21-24-14/h3-4,6-10,16H,1-2,5H2,(H,21,24)(H2,19,20,22,23). The van der Waals surface area contributed by atoms with Crippen molar-refractivity contribution in [2.45, 2.75) is 18.9 Å². The summed E-state index contributed by atoms with van der Waals surface area (Å²) in [7, 11) is 0. The maximum absolute atomic E-state index is 11.3. The van der Waals surface area contributed by atoms with Crippen molar-refractivity contribution in [1.29, 1.82) is 0 Å². The highest BCUT2D eigenvalue weighted by Crippen LogP contribution is 2.33. The van der Waals surface area contributed by atoms with Crippen LogP contribution in [0.15, 0.2) is 36.8 Å². The van der Waals surface area contributed by atoms with E-state index >= 15 is 0 Å². The van der Waals surface area contributed by atoms with E-state index in [2.05, 4.69) is 30.5 Å². The highest BCUT2D eigenvalue weighted by molar-refractivity contribution is 5.91. The van der Waals surface area contributed by atoms with Crippen LogP contribution in [0.2, 0.25) is 0 Å². The number of nitrogens with zero attached hydrogens (tertiary/aromatic N) is 4. The molecule has 8 nitrogen and oxygen atoms in total. The van der Waals surface area contributed by atoms with Crippen molar-refractivity contribution in [3.63, 3.8) is 0 Å². The average Bonchev–Trinajstić information content (AvgIpc) is 3.39. The van der Waals surface area contributed by atoms with Crippen LogP contribution >= 0.6 is 0 Å². The van der Waals surface area contributed by atoms with E-state index in [0.29, 0.717) is 0 Å². The molecule has 5 rings (SSSR count). The minimum Gasteiger partial charge on any atom is -0.341 e. The van der Waals surface area contributed by atoms with Gasteiger partial charge >= 0.3 is 0 Å². The van der Waals surface area contributed by atoms with Crippen LogP contribution < -0.4 is 5.32 Å². The molecule has 1 saturated heterocycles. The third-order valence-electron chi connectivity index (χ3n) is 4.94. The molecule has 8 heteroatoms. The molecular formula is C18H17N7O. The molecule has 3 N–H and O–H groups in total. The number of benzene rings is 1. The van der Waals surface area contributed by atoms with Crippen molar-refractivity contribution in [1.82, 2.24) is 30.0 Å². The number of fused-ring (bicyclic) bond motifs is 2. The van der Waals surface area contributed by atoms with E-state index in [1.165, 1.54) is 6.33 Å². The quantitative estimate of drug-likeness (QED) is 0.493. The van der Waals surface area contributed by atoms with Gasteiger partial charge in [-0.25, -0.2) is 9.97 Å². The summed E-state index contributed by atoms with van der Waals surface area (Å²) in [6, 6.07) is 8.10. The number of carbonyl (C=O) groups is 1. The summed E-state index contributed by atoms with van der Waals surface area (Å²) in [6.45, 7) is 0.797. The molecule has 1 aliphatic rings. The molecule has 1 unspecified atom stereocenters. The van der Waals surface area contributed by atoms with Gasteiger partial charge in [-0.2, -0.15) is 5.10 Å². The summed E-state index contributed by atoms with van der Waals surface area (Å²) in [5.74, 6) is 0.732. The number of nitrogens with one attached hydrogen (secondary N) is 3. The van der Waals surface area contributed by atoms with E-state index in [0.717, 1.165) is 64.9 Å². The fourth-order valence-corrected chi connectivity index (χ4v) is 3.65. The molecular weight excluding hydrogens is 330 g/mol. The molecule has 1 aliphatic heterocycles. The number of H-pyrrole nitrogens is 2. The van der Waals surface area contributed by atoms with Gasteiger partial charge < -0.3 is 15.2 Å². The van der Waals surface area contributed by atoms with Crippen molar-refractivity contribution in [2.75, 3.05) is 11.9 Å². The van der Waals surface area contributed by atoms with Gasteiger partial charge in [0.25, 0.3) is 0 Å². The summed E-state index contributed by atoms with van der Waals surface area (Å²) in [4.78, 5) is 25.2. The van der Waals surface area contributed by atoms with Crippen LogP contribution in [0.1, 0.15) is 24.6 Å². The Hall–Kier alpha value is -3.42. The number of anilines is 2. The molecule has 26 heavy (non-hydrogen) atoms. The fraction of sp³-hybridized carbons (Fsp3) is 0.222. The maximum Gasteiger partial charge on any atom is 0.210 e. The Morgan fingerprint density at radius 1 is 1.27 bits per heavy atom. The zero-order chi connectivity index (χ0) is 17.5. The summed E-state index contributed by atoms with van der Waals surface area (Å²) in [5, 5.41) is 12.3. The molecule has 1 atom stereocenters. The maximum atomic E-state index is 11.3. The van der Waals surface area contributed by atoms with E-state index in [-0.39, 0.29) is 6.04 Å². The van der Waals surface area contributed by atoms with Gasteiger partial charge in [-0.1, -0.05) is 0 Å². The molecule has 0 aliphatic carbocycles. The second-order valence-electron chi connectivity index (χ2n) is 6.51. The van der Waals surface area contributed by atoms with Crippen molar-refractivity contribution < 1.29 is 4.79 Å². The number of likely N-dealkylation sites (tertiary alicyclic amines) is 1. The van der Waals surface area contributed by atoms with E-state index < -0.39 is 0 Å². The molecule has 0 bridgehead atoms. The molecule has 1 aromatic carbocycles. The summed E-state index contributed by atoms with van der Waals surface area (Å²) < 4.78 is 0. The number of hydrogen-bond acceptors (Lipinski definition) is 5. The van der Waals surface area contributed by atoms with E-state index in [1.807, 2.05) is 29.2 Å². The van der Waals surface area contributed by atoms with Gasteiger partial charge in [0.05, 0.1) is 23.1 Å². The second-order valence-corrected chi connectivity index (χ2v) is 6.51. The minimum absolute atomic E-state index is 0.0804. The molecule has 4 heterocycles. The van der Waals surface area contributed by atoms with Crippen LogP contribution in [0.4, 0.5) is 11.5 Å². The smallest absolute Gasteiger partial charge is 0.210 e. The number of hydrogen-bond donors (Lipinski definition) is 3. The van der Waals surface area contributed by atoms with Crippen LogP contribution in [-0.4, -0.2) is 43.0 Å². The lowest BCUT2D eigenvalue weighted by Gasteiger charge is -2.18. The predicted molar refractivity (Wildman–Crippen MR) is 98.0 cm³/mol. The topological polar surface area (TPSA) is 103 Å². The molecule has 1 amide bonds. The van der Waals surface area contributed by atoms with E-state index in [1.54, 1.807) is 6.20 Å². The van der Waals surface area contributed by atoms with E-state index in [4.69, 9.17) is 0 Å². The Balaban J connectivity index is 1.52. The fourth-order valence-electron chi connectivity index (χ4n) is 3.65. The van der Waals surface area contributed by atoms with Gasteiger partial charge in [-0.15, -0.1) is 0 Å². The Kier molecular flexibility index (Phi) is 3.34. The molecule has 1 fully saturated rings. The van der Waals surface area contributed by atoms with Crippen molar-refractivity contribution in [2.24, 2.45) is 0 Å². The second kappa shape index (κ2) is 5.83. The third-order valence-corrected chi connectivity index (χ3v) is 4.94. The zero-order valence-electron chi connectivity index (χ0n) is 13.9. The van der Waals surface area contributed by atoms with Gasteiger partial charge in [0.1, 0.15) is 17.8 Å². The average molecular weight is 347 g/mol. The van der Waals surface area contributed by atoms with Crippen LogP contribution in [0.3, 0.4) is 0 Å². The minimum atomic E-state index is 0.0804. The number of aromatic nitrogens is 5. The molecule has 130 valence electrons. The largest absolute Gasteiger partial charge is 0.341 e. The Morgan fingerprint density at radius 2 is 2.23 bits per heavy atom. The number of amides is 1. The molecule has 0 radical (unpaired) electrons. The van der Waals surface area contributed by atoms with Crippen LogP contribution in [-0.2, 0) is 4.79 Å². The zero-order valence-corrected chi connectivity index (χ0v) is 13.9. The van der Waals surface area contributed by atoms with E-state index in [9.17, 15) is 4.79 Å². The van der Waals surface area contributed by atoms with Gasteiger partial charge in [0, 0.05) is 23.3 Å². The van der Waals surface area contributed by atoms with Gasteiger partial charge in [-0.05, 0) is 37.1 Å². The summed E-state index contributed by atoms with van der Waals surface area (Å²) in [6.07, 6.45) is 6.22. The highest BCUT2D eigenvalue weighted by Gasteiger charge is 2.26. The number of rotatable bonds is 4.